The molecule has 0 saturated heterocycles. The molecule has 0 aliphatic carbocycles. The summed E-state index contributed by atoms with van der Waals surface area (Å²) < 4.78 is 4.91. The number of aromatic nitrogens is 1. The van der Waals surface area contributed by atoms with Crippen molar-refractivity contribution in [1.82, 2.24) is 4.98 Å². The van der Waals surface area contributed by atoms with E-state index in [1.54, 1.807) is 12.1 Å². The number of nitriles is 1. The van der Waals surface area contributed by atoms with Crippen LogP contribution in [0.25, 0.3) is 0 Å². The number of hydrogen-bond donors (Lipinski definition) is 1. The Morgan fingerprint density at radius 2 is 2.12 bits per heavy atom. The lowest BCUT2D eigenvalue weighted by atomic mass is 10.2. The summed E-state index contributed by atoms with van der Waals surface area (Å²) in [5.41, 5.74) is 2.70. The minimum absolute atomic E-state index is 0.0273. The van der Waals surface area contributed by atoms with Gasteiger partial charge >= 0.3 is 5.69 Å². The van der Waals surface area contributed by atoms with Gasteiger partial charge in [-0.25, -0.2) is 4.98 Å². The molecular weight excluding hydrogens is 393 g/mol. The van der Waals surface area contributed by atoms with Gasteiger partial charge in [0.1, 0.15) is 16.7 Å². The van der Waals surface area contributed by atoms with E-state index in [1.807, 2.05) is 0 Å². The highest BCUT2D eigenvalue weighted by molar-refractivity contribution is 6.45. The van der Waals surface area contributed by atoms with Crippen LogP contribution in [0.3, 0.4) is 0 Å². The second-order valence-corrected chi connectivity index (χ2v) is 5.54. The van der Waals surface area contributed by atoms with Crippen molar-refractivity contribution >= 4 is 52.5 Å². The highest BCUT2D eigenvalue weighted by Gasteiger charge is 2.16. The van der Waals surface area contributed by atoms with E-state index in [0.29, 0.717) is 5.56 Å². The highest BCUT2D eigenvalue weighted by Crippen LogP contribution is 2.34. The summed E-state index contributed by atoms with van der Waals surface area (Å²) in [5, 5.41) is 23.6. The van der Waals surface area contributed by atoms with E-state index < -0.39 is 4.92 Å². The van der Waals surface area contributed by atoms with Crippen molar-refractivity contribution in [2.24, 2.45) is 5.10 Å². The van der Waals surface area contributed by atoms with Gasteiger partial charge in [0.25, 0.3) is 0 Å². The number of rotatable bonds is 5. The Kier molecular flexibility index (Phi) is 5.98. The number of hydrogen-bond acceptors (Lipinski definition) is 7. The number of nitrogens with zero attached hydrogens (tertiary/aromatic N) is 4. The Balaban J connectivity index is 2.27. The molecule has 2 rings (SSSR count). The van der Waals surface area contributed by atoms with E-state index >= 15 is 0 Å². The molecule has 0 fully saturated rings. The fourth-order valence-electron chi connectivity index (χ4n) is 1.77. The normalized spacial score (nSPS) is 10.5. The van der Waals surface area contributed by atoms with Gasteiger partial charge in [0.2, 0.25) is 0 Å². The first-order valence-corrected chi connectivity index (χ1v) is 7.58. The minimum Gasteiger partial charge on any atom is -0.490 e. The number of nitrogens with one attached hydrogen (secondary N) is 1. The highest BCUT2D eigenvalue weighted by atomic mass is 35.5. The third-order valence-corrected chi connectivity index (χ3v) is 4.05. The smallest absolute Gasteiger partial charge is 0.311 e. The van der Waals surface area contributed by atoms with Crippen LogP contribution in [0.4, 0.5) is 11.5 Å². The molecule has 0 amide bonds. The molecule has 25 heavy (non-hydrogen) atoms. The second-order valence-electron chi connectivity index (χ2n) is 4.42. The number of halogens is 3. The molecular formula is C14H8Cl3N5O3. The quantitative estimate of drug-likeness (QED) is 0.347. The van der Waals surface area contributed by atoms with Gasteiger partial charge in [-0.2, -0.15) is 10.4 Å². The fourth-order valence-corrected chi connectivity index (χ4v) is 2.44. The van der Waals surface area contributed by atoms with Crippen LogP contribution in [-0.4, -0.2) is 23.2 Å². The maximum atomic E-state index is 11.0. The van der Waals surface area contributed by atoms with E-state index in [1.165, 1.54) is 25.5 Å². The monoisotopic (exact) mass is 399 g/mol. The summed E-state index contributed by atoms with van der Waals surface area (Å²) in [6, 6.07) is 6.10. The van der Waals surface area contributed by atoms with Gasteiger partial charge in [-0.1, -0.05) is 34.8 Å². The topological polar surface area (TPSA) is 113 Å². The predicted molar refractivity (Wildman–Crippen MR) is 94.8 cm³/mol. The molecule has 1 aromatic heterocycles. The average molecular weight is 401 g/mol. The summed E-state index contributed by atoms with van der Waals surface area (Å²) in [4.78, 5) is 14.3. The molecule has 8 nitrogen and oxygen atoms in total. The minimum atomic E-state index is -0.567. The molecule has 0 unspecified atom stereocenters. The summed E-state index contributed by atoms with van der Waals surface area (Å²) >= 11 is 17.8. The molecule has 0 radical (unpaired) electrons. The lowest BCUT2D eigenvalue weighted by molar-refractivity contribution is -0.385. The first-order valence-electron chi connectivity index (χ1n) is 6.45. The van der Waals surface area contributed by atoms with E-state index in [0.717, 1.165) is 0 Å². The molecule has 0 bridgehead atoms. The molecule has 0 aliphatic rings. The number of nitro benzene ring substituents is 1. The third kappa shape index (κ3) is 4.09. The third-order valence-electron chi connectivity index (χ3n) is 2.93. The van der Waals surface area contributed by atoms with Crippen LogP contribution in [-0.2, 0) is 0 Å². The first kappa shape index (κ1) is 18.7. The van der Waals surface area contributed by atoms with Crippen molar-refractivity contribution in [3.63, 3.8) is 0 Å². The Bertz CT molecular complexity index is 912. The van der Waals surface area contributed by atoms with Crippen LogP contribution in [0.15, 0.2) is 23.3 Å². The van der Waals surface area contributed by atoms with Gasteiger partial charge in [0, 0.05) is 11.6 Å². The number of benzene rings is 1. The zero-order valence-corrected chi connectivity index (χ0v) is 14.7. The Morgan fingerprint density at radius 3 is 2.72 bits per heavy atom. The summed E-state index contributed by atoms with van der Waals surface area (Å²) in [5.74, 6) is 0.167. The summed E-state index contributed by atoms with van der Waals surface area (Å²) in [6.07, 6.45) is 1.31. The molecule has 0 spiro atoms. The molecule has 0 atom stereocenters. The van der Waals surface area contributed by atoms with Crippen molar-refractivity contribution in [3.8, 4) is 11.8 Å². The first-order chi connectivity index (χ1) is 11.9. The van der Waals surface area contributed by atoms with Crippen molar-refractivity contribution < 1.29 is 9.66 Å². The van der Waals surface area contributed by atoms with Crippen molar-refractivity contribution in [2.75, 3.05) is 12.5 Å². The van der Waals surface area contributed by atoms with Gasteiger partial charge in [-0.05, 0) is 12.1 Å². The van der Waals surface area contributed by atoms with Crippen LogP contribution < -0.4 is 10.2 Å². The Labute approximate surface area is 156 Å². The van der Waals surface area contributed by atoms with Crippen LogP contribution >= 0.6 is 34.8 Å². The molecule has 1 aromatic carbocycles. The average Bonchev–Trinajstić information content (AvgIpc) is 2.59. The van der Waals surface area contributed by atoms with Gasteiger partial charge in [0.15, 0.2) is 16.7 Å². The Morgan fingerprint density at radius 1 is 1.40 bits per heavy atom. The second kappa shape index (κ2) is 7.98. The number of methoxy groups -OCH3 is 1. The zero-order valence-electron chi connectivity index (χ0n) is 12.5. The summed E-state index contributed by atoms with van der Waals surface area (Å²) in [6.45, 7) is 0. The largest absolute Gasteiger partial charge is 0.490 e. The molecule has 128 valence electrons. The van der Waals surface area contributed by atoms with Gasteiger partial charge in [-0.15, -0.1) is 0 Å². The number of nitro groups is 1. The standard InChI is InChI=1S/C14H8Cl3N5O3/c1-25-10-3-2-7(4-9(10)22(23)24)6-19-21-14-12(16)11(15)8(5-18)13(17)20-14/h2-4,6H,1H3,(H,20,21). The fraction of sp³-hybridized carbons (Fsp3) is 0.0714. The van der Waals surface area contributed by atoms with Crippen LogP contribution in [0, 0.1) is 21.4 Å². The maximum absolute atomic E-state index is 11.0. The number of pyridine rings is 1. The molecule has 1 N–H and O–H groups in total. The number of ether oxygens (including phenoxy) is 1. The van der Waals surface area contributed by atoms with Gasteiger partial charge in [-0.3, -0.25) is 15.5 Å². The van der Waals surface area contributed by atoms with Gasteiger partial charge < -0.3 is 4.74 Å². The molecule has 11 heteroatoms. The molecule has 2 aromatic rings. The van der Waals surface area contributed by atoms with E-state index in [-0.39, 0.29) is 38.0 Å². The molecule has 0 aliphatic heterocycles. The molecule has 1 heterocycles. The summed E-state index contributed by atoms with van der Waals surface area (Å²) in [7, 11) is 1.34. The maximum Gasteiger partial charge on any atom is 0.311 e. The zero-order chi connectivity index (χ0) is 18.6. The SMILES string of the molecule is COc1ccc(C=NNc2nc(Cl)c(C#N)c(Cl)c2Cl)cc1[N+](=O)[O-]. The van der Waals surface area contributed by atoms with Crippen molar-refractivity contribution in [1.29, 1.82) is 5.26 Å². The van der Waals surface area contributed by atoms with Gasteiger partial charge in [0.05, 0.1) is 23.3 Å². The molecule has 0 saturated carbocycles. The predicted octanol–water partition coefficient (Wildman–Crippen LogP) is 4.28. The Hall–Kier alpha value is -2.60. The van der Waals surface area contributed by atoms with E-state index in [2.05, 4.69) is 15.5 Å². The van der Waals surface area contributed by atoms with Crippen LogP contribution in [0.2, 0.25) is 15.2 Å². The lowest BCUT2D eigenvalue weighted by Gasteiger charge is -2.07. The lowest BCUT2D eigenvalue weighted by Crippen LogP contribution is -1.99. The van der Waals surface area contributed by atoms with Crippen LogP contribution in [0.1, 0.15) is 11.1 Å². The van der Waals surface area contributed by atoms with Crippen LogP contribution in [0.5, 0.6) is 5.75 Å². The number of hydrazone groups is 1. The van der Waals surface area contributed by atoms with Crippen molar-refractivity contribution in [2.45, 2.75) is 0 Å². The van der Waals surface area contributed by atoms with E-state index in [9.17, 15) is 10.1 Å². The van der Waals surface area contributed by atoms with E-state index in [4.69, 9.17) is 44.8 Å². The van der Waals surface area contributed by atoms with Crippen molar-refractivity contribution in [3.05, 3.63) is 54.6 Å². The number of anilines is 1.